The fraction of sp³-hybridized carbons (Fsp3) is 0. The van der Waals surface area contributed by atoms with Crippen LogP contribution in [0.4, 0.5) is 0 Å². The highest BCUT2D eigenvalue weighted by Gasteiger charge is 2.02. The summed E-state index contributed by atoms with van der Waals surface area (Å²) in [5, 5.41) is 10.1. The Hall–Kier alpha value is -0.960. The van der Waals surface area contributed by atoms with Crippen molar-refractivity contribution >= 4 is 26.8 Å². The molecule has 56 valence electrons. The maximum absolute atomic E-state index is 9.28. The van der Waals surface area contributed by atoms with Gasteiger partial charge in [-0.05, 0) is 28.1 Å². The van der Waals surface area contributed by atoms with Gasteiger partial charge in [-0.2, -0.15) is 0 Å². The molecule has 0 aliphatic rings. The molecule has 0 unspecified atom stereocenters. The predicted molar refractivity (Wildman–Crippen MR) is 47.7 cm³/mol. The van der Waals surface area contributed by atoms with Crippen LogP contribution >= 0.6 is 15.9 Å². The molecule has 1 aromatic heterocycles. The Balaban J connectivity index is 2.94. The van der Waals surface area contributed by atoms with Crippen molar-refractivity contribution < 1.29 is 5.11 Å². The van der Waals surface area contributed by atoms with Gasteiger partial charge in [0.2, 0.25) is 0 Å². The van der Waals surface area contributed by atoms with Crippen LogP contribution in [0, 0.1) is 0 Å². The standard InChI is InChI=1S/C8H6BrNO/c9-6-3-1-2-5-7(11)4-10-8(5)6/h1-4,10-11H. The topological polar surface area (TPSA) is 36.0 Å². The second kappa shape index (κ2) is 2.27. The first-order valence-corrected chi connectivity index (χ1v) is 4.03. The fourth-order valence-electron chi connectivity index (χ4n) is 1.10. The average Bonchev–Trinajstić information content (AvgIpc) is 2.35. The molecule has 0 aliphatic heterocycles. The average molecular weight is 212 g/mol. The summed E-state index contributed by atoms with van der Waals surface area (Å²) in [4.78, 5) is 2.96. The summed E-state index contributed by atoms with van der Waals surface area (Å²) in [7, 11) is 0. The van der Waals surface area contributed by atoms with Crippen LogP contribution in [0.1, 0.15) is 0 Å². The molecule has 2 aromatic rings. The maximum atomic E-state index is 9.28. The van der Waals surface area contributed by atoms with E-state index in [1.54, 1.807) is 6.20 Å². The summed E-state index contributed by atoms with van der Waals surface area (Å²) in [6.07, 6.45) is 1.58. The van der Waals surface area contributed by atoms with E-state index in [0.29, 0.717) is 5.75 Å². The Morgan fingerprint density at radius 1 is 1.36 bits per heavy atom. The molecule has 11 heavy (non-hydrogen) atoms. The third-order valence-corrected chi connectivity index (χ3v) is 2.30. The number of fused-ring (bicyclic) bond motifs is 1. The van der Waals surface area contributed by atoms with Crippen LogP contribution in [0.2, 0.25) is 0 Å². The van der Waals surface area contributed by atoms with E-state index in [9.17, 15) is 5.11 Å². The van der Waals surface area contributed by atoms with Gasteiger partial charge in [0.1, 0.15) is 5.75 Å². The summed E-state index contributed by atoms with van der Waals surface area (Å²) in [5.41, 5.74) is 0.935. The SMILES string of the molecule is Oc1c[nH]c2c(Br)cccc12. The number of aromatic hydroxyl groups is 1. The summed E-state index contributed by atoms with van der Waals surface area (Å²) >= 11 is 3.37. The highest BCUT2D eigenvalue weighted by atomic mass is 79.9. The summed E-state index contributed by atoms with van der Waals surface area (Å²) in [6.45, 7) is 0. The smallest absolute Gasteiger partial charge is 0.140 e. The number of hydrogen-bond acceptors (Lipinski definition) is 1. The number of aromatic nitrogens is 1. The number of hydrogen-bond donors (Lipinski definition) is 2. The van der Waals surface area contributed by atoms with Crippen molar-refractivity contribution in [3.8, 4) is 5.75 Å². The van der Waals surface area contributed by atoms with Gasteiger partial charge in [0.15, 0.2) is 0 Å². The Bertz CT molecular complexity index is 394. The second-order valence-electron chi connectivity index (χ2n) is 2.34. The molecule has 0 saturated heterocycles. The highest BCUT2D eigenvalue weighted by molar-refractivity contribution is 9.10. The summed E-state index contributed by atoms with van der Waals surface area (Å²) in [6, 6.07) is 5.68. The van der Waals surface area contributed by atoms with Crippen molar-refractivity contribution in [1.82, 2.24) is 4.98 Å². The molecule has 0 amide bonds. The van der Waals surface area contributed by atoms with Gasteiger partial charge in [-0.1, -0.05) is 6.07 Å². The van der Waals surface area contributed by atoms with Gasteiger partial charge >= 0.3 is 0 Å². The molecule has 0 radical (unpaired) electrons. The van der Waals surface area contributed by atoms with E-state index < -0.39 is 0 Å². The van der Waals surface area contributed by atoms with Crippen LogP contribution in [-0.2, 0) is 0 Å². The van der Waals surface area contributed by atoms with Crippen molar-refractivity contribution in [3.05, 3.63) is 28.9 Å². The van der Waals surface area contributed by atoms with E-state index in [1.165, 1.54) is 0 Å². The molecule has 0 spiro atoms. The van der Waals surface area contributed by atoms with Gasteiger partial charge in [0, 0.05) is 16.1 Å². The molecule has 1 heterocycles. The summed E-state index contributed by atoms with van der Waals surface area (Å²) < 4.78 is 0.968. The van der Waals surface area contributed by atoms with Gasteiger partial charge in [0.05, 0.1) is 5.52 Å². The number of rotatable bonds is 0. The Morgan fingerprint density at radius 2 is 2.18 bits per heavy atom. The van der Waals surface area contributed by atoms with E-state index in [0.717, 1.165) is 15.4 Å². The van der Waals surface area contributed by atoms with E-state index in [1.807, 2.05) is 18.2 Å². The fourth-order valence-corrected chi connectivity index (χ4v) is 1.58. The number of benzene rings is 1. The molecule has 0 saturated carbocycles. The molecule has 2 nitrogen and oxygen atoms in total. The van der Waals surface area contributed by atoms with E-state index in [4.69, 9.17) is 0 Å². The molecule has 0 aliphatic carbocycles. The number of nitrogens with one attached hydrogen (secondary N) is 1. The molecule has 2 rings (SSSR count). The van der Waals surface area contributed by atoms with Crippen LogP contribution in [-0.4, -0.2) is 10.1 Å². The van der Waals surface area contributed by atoms with E-state index in [2.05, 4.69) is 20.9 Å². The van der Waals surface area contributed by atoms with Crippen LogP contribution in [0.15, 0.2) is 28.9 Å². The normalized spacial score (nSPS) is 10.6. The zero-order valence-electron chi connectivity index (χ0n) is 5.63. The lowest BCUT2D eigenvalue weighted by molar-refractivity contribution is 0.481. The predicted octanol–water partition coefficient (Wildman–Crippen LogP) is 2.64. The zero-order valence-corrected chi connectivity index (χ0v) is 7.22. The van der Waals surface area contributed by atoms with Crippen molar-refractivity contribution in [2.45, 2.75) is 0 Å². The van der Waals surface area contributed by atoms with Crippen molar-refractivity contribution in [2.24, 2.45) is 0 Å². The number of H-pyrrole nitrogens is 1. The number of aromatic amines is 1. The van der Waals surface area contributed by atoms with Crippen LogP contribution < -0.4 is 0 Å². The first-order chi connectivity index (χ1) is 5.29. The van der Waals surface area contributed by atoms with Crippen molar-refractivity contribution in [2.75, 3.05) is 0 Å². The third-order valence-electron chi connectivity index (χ3n) is 1.64. The second-order valence-corrected chi connectivity index (χ2v) is 3.19. The lowest BCUT2D eigenvalue weighted by Crippen LogP contribution is -1.68. The third kappa shape index (κ3) is 0.922. The quantitative estimate of drug-likeness (QED) is 0.691. The molecule has 1 aromatic carbocycles. The van der Waals surface area contributed by atoms with Crippen LogP contribution in [0.3, 0.4) is 0 Å². The Labute approximate surface area is 72.0 Å². The van der Waals surface area contributed by atoms with E-state index >= 15 is 0 Å². The van der Waals surface area contributed by atoms with Crippen molar-refractivity contribution in [1.29, 1.82) is 0 Å². The molecular formula is C8H6BrNO. The lowest BCUT2D eigenvalue weighted by Gasteiger charge is -1.91. The summed E-state index contributed by atoms with van der Waals surface area (Å²) in [5.74, 6) is 0.293. The largest absolute Gasteiger partial charge is 0.506 e. The molecule has 3 heteroatoms. The van der Waals surface area contributed by atoms with Crippen LogP contribution in [0.5, 0.6) is 5.75 Å². The minimum absolute atomic E-state index is 0.293. The molecule has 0 bridgehead atoms. The number of para-hydroxylation sites is 1. The zero-order chi connectivity index (χ0) is 7.84. The minimum Gasteiger partial charge on any atom is -0.506 e. The lowest BCUT2D eigenvalue weighted by atomic mass is 10.2. The molecule has 0 atom stereocenters. The van der Waals surface area contributed by atoms with Gasteiger partial charge in [-0.3, -0.25) is 0 Å². The Kier molecular flexibility index (Phi) is 1.39. The van der Waals surface area contributed by atoms with Crippen molar-refractivity contribution in [3.63, 3.8) is 0 Å². The van der Waals surface area contributed by atoms with Gasteiger partial charge in [-0.15, -0.1) is 0 Å². The van der Waals surface area contributed by atoms with E-state index in [-0.39, 0.29) is 0 Å². The first-order valence-electron chi connectivity index (χ1n) is 3.23. The van der Waals surface area contributed by atoms with Crippen LogP contribution in [0.25, 0.3) is 10.9 Å². The maximum Gasteiger partial charge on any atom is 0.140 e. The highest BCUT2D eigenvalue weighted by Crippen LogP contribution is 2.28. The monoisotopic (exact) mass is 211 g/mol. The minimum atomic E-state index is 0.293. The number of halogens is 1. The van der Waals surface area contributed by atoms with Gasteiger partial charge < -0.3 is 10.1 Å². The van der Waals surface area contributed by atoms with Gasteiger partial charge in [-0.25, -0.2) is 0 Å². The first kappa shape index (κ1) is 6.73. The molecule has 2 N–H and O–H groups in total. The molecule has 0 fully saturated rings. The molecular weight excluding hydrogens is 206 g/mol. The van der Waals surface area contributed by atoms with Gasteiger partial charge in [0.25, 0.3) is 0 Å². The Morgan fingerprint density at radius 3 is 2.91 bits per heavy atom.